The number of sulfonamides is 1. The molecule has 2 N–H and O–H groups in total. The molecule has 1 fully saturated rings. The predicted octanol–water partition coefficient (Wildman–Crippen LogP) is 1.36. The number of carbonyl (C=O) groups excluding carboxylic acids is 1. The lowest BCUT2D eigenvalue weighted by molar-refractivity contribution is -0.111. The zero-order chi connectivity index (χ0) is 17.7. The number of carboxylic acid groups (broad SMARTS) is 1. The first-order valence-electron chi connectivity index (χ1n) is 7.00. The molecule has 1 aromatic carbocycles. The normalized spacial score (nSPS) is 16.3. The van der Waals surface area contributed by atoms with Gasteiger partial charge in [-0.3, -0.25) is 4.79 Å². The van der Waals surface area contributed by atoms with Crippen LogP contribution >= 0.6 is 11.6 Å². The van der Waals surface area contributed by atoms with Gasteiger partial charge >= 0.3 is 6.09 Å². The lowest BCUT2D eigenvalue weighted by Crippen LogP contribution is -2.50. The van der Waals surface area contributed by atoms with Crippen LogP contribution in [-0.2, 0) is 14.8 Å². The molecule has 0 atom stereocenters. The molecule has 0 saturated carbocycles. The zero-order valence-corrected chi connectivity index (χ0v) is 14.1. The van der Waals surface area contributed by atoms with Gasteiger partial charge in [-0.05, 0) is 24.3 Å². The summed E-state index contributed by atoms with van der Waals surface area (Å²) < 4.78 is 26.3. The van der Waals surface area contributed by atoms with Gasteiger partial charge in [0.25, 0.3) is 0 Å². The minimum atomic E-state index is -3.70. The van der Waals surface area contributed by atoms with Gasteiger partial charge in [0.05, 0.1) is 4.90 Å². The van der Waals surface area contributed by atoms with Crippen molar-refractivity contribution < 1.29 is 23.1 Å². The number of amides is 2. The third-order valence-corrected chi connectivity index (χ3v) is 5.52. The van der Waals surface area contributed by atoms with E-state index in [2.05, 4.69) is 5.32 Å². The van der Waals surface area contributed by atoms with Crippen LogP contribution < -0.4 is 5.32 Å². The number of halogens is 1. The van der Waals surface area contributed by atoms with Crippen LogP contribution in [0.5, 0.6) is 0 Å². The third kappa shape index (κ3) is 4.25. The Hall–Kier alpha value is -2.10. The second kappa shape index (κ2) is 7.65. The molecular weight excluding hydrogens is 358 g/mol. The first kappa shape index (κ1) is 18.2. The van der Waals surface area contributed by atoms with Crippen molar-refractivity contribution in [2.24, 2.45) is 0 Å². The minimum absolute atomic E-state index is 0.0807. The van der Waals surface area contributed by atoms with Gasteiger partial charge in [0.15, 0.2) is 0 Å². The molecular formula is C14H16ClN3O5S. The van der Waals surface area contributed by atoms with E-state index in [9.17, 15) is 18.0 Å². The van der Waals surface area contributed by atoms with E-state index >= 15 is 0 Å². The van der Waals surface area contributed by atoms with Gasteiger partial charge in [-0.15, -0.1) is 0 Å². The average molecular weight is 374 g/mol. The van der Waals surface area contributed by atoms with E-state index in [4.69, 9.17) is 16.7 Å². The van der Waals surface area contributed by atoms with E-state index in [1.54, 1.807) is 0 Å². The molecule has 0 bridgehead atoms. The summed E-state index contributed by atoms with van der Waals surface area (Å²) in [5, 5.41) is 11.4. The maximum absolute atomic E-state index is 12.5. The Morgan fingerprint density at radius 2 is 1.71 bits per heavy atom. The Labute approximate surface area is 144 Å². The highest BCUT2D eigenvalue weighted by Gasteiger charge is 2.29. The minimum Gasteiger partial charge on any atom is -0.465 e. The van der Waals surface area contributed by atoms with Gasteiger partial charge < -0.3 is 15.3 Å². The lowest BCUT2D eigenvalue weighted by atomic mass is 10.3. The molecule has 1 aliphatic rings. The van der Waals surface area contributed by atoms with Gasteiger partial charge in [-0.2, -0.15) is 4.31 Å². The quantitative estimate of drug-likeness (QED) is 0.775. The SMILES string of the molecule is O=C(/C=C/Cl)Nc1ccc(S(=O)(=O)N2CCN(C(=O)O)CC2)cc1. The molecule has 0 aliphatic carbocycles. The third-order valence-electron chi connectivity index (χ3n) is 3.48. The van der Waals surface area contributed by atoms with E-state index in [-0.39, 0.29) is 31.1 Å². The van der Waals surface area contributed by atoms with Crippen molar-refractivity contribution >= 4 is 39.3 Å². The van der Waals surface area contributed by atoms with Crippen LogP contribution in [-0.4, -0.2) is 60.9 Å². The number of carbonyl (C=O) groups is 2. The number of hydrogen-bond donors (Lipinski definition) is 2. The van der Waals surface area contributed by atoms with Crippen LogP contribution in [0.2, 0.25) is 0 Å². The summed E-state index contributed by atoms with van der Waals surface area (Å²) in [4.78, 5) is 23.5. The van der Waals surface area contributed by atoms with Gasteiger partial charge in [0, 0.05) is 43.5 Å². The summed E-state index contributed by atoms with van der Waals surface area (Å²) in [6.45, 7) is 0.474. The number of rotatable bonds is 4. The van der Waals surface area contributed by atoms with Crippen LogP contribution in [0.15, 0.2) is 40.8 Å². The van der Waals surface area contributed by atoms with E-state index in [0.29, 0.717) is 5.69 Å². The van der Waals surface area contributed by atoms with Crippen molar-refractivity contribution in [1.29, 1.82) is 0 Å². The van der Waals surface area contributed by atoms with Gasteiger partial charge in [-0.25, -0.2) is 13.2 Å². The van der Waals surface area contributed by atoms with Gasteiger partial charge in [0.1, 0.15) is 0 Å². The van der Waals surface area contributed by atoms with Crippen molar-refractivity contribution in [2.75, 3.05) is 31.5 Å². The summed E-state index contributed by atoms with van der Waals surface area (Å²) in [6.07, 6.45) is 0.0758. The largest absolute Gasteiger partial charge is 0.465 e. The van der Waals surface area contributed by atoms with Crippen LogP contribution in [0.4, 0.5) is 10.5 Å². The number of nitrogens with zero attached hydrogens (tertiary/aromatic N) is 2. The van der Waals surface area contributed by atoms with Crippen LogP contribution in [0, 0.1) is 0 Å². The number of anilines is 1. The molecule has 0 aromatic heterocycles. The molecule has 2 rings (SSSR count). The highest BCUT2D eigenvalue weighted by atomic mass is 35.5. The molecule has 0 radical (unpaired) electrons. The van der Waals surface area contributed by atoms with Crippen molar-refractivity contribution in [3.8, 4) is 0 Å². The number of piperazine rings is 1. The van der Waals surface area contributed by atoms with Crippen LogP contribution in [0.25, 0.3) is 0 Å². The average Bonchev–Trinajstić information content (AvgIpc) is 2.55. The molecule has 1 aliphatic heterocycles. The first-order valence-corrected chi connectivity index (χ1v) is 8.88. The Kier molecular flexibility index (Phi) is 5.81. The van der Waals surface area contributed by atoms with Gasteiger partial charge in [0.2, 0.25) is 15.9 Å². The maximum atomic E-state index is 12.5. The molecule has 1 saturated heterocycles. The molecule has 0 unspecified atom stereocenters. The van der Waals surface area contributed by atoms with Gasteiger partial charge in [-0.1, -0.05) is 11.6 Å². The molecule has 10 heteroatoms. The van der Waals surface area contributed by atoms with Crippen molar-refractivity contribution in [3.63, 3.8) is 0 Å². The Balaban J connectivity index is 2.07. The van der Waals surface area contributed by atoms with Crippen LogP contribution in [0.3, 0.4) is 0 Å². The predicted molar refractivity (Wildman–Crippen MR) is 88.4 cm³/mol. The highest BCUT2D eigenvalue weighted by molar-refractivity contribution is 7.89. The number of benzene rings is 1. The second-order valence-electron chi connectivity index (χ2n) is 4.98. The Morgan fingerprint density at radius 3 is 2.21 bits per heavy atom. The zero-order valence-electron chi connectivity index (χ0n) is 12.6. The fraction of sp³-hybridized carbons (Fsp3) is 0.286. The van der Waals surface area contributed by atoms with E-state index < -0.39 is 22.0 Å². The Morgan fingerprint density at radius 1 is 1.12 bits per heavy atom. The molecule has 8 nitrogen and oxygen atoms in total. The number of hydrogen-bond acceptors (Lipinski definition) is 4. The molecule has 0 spiro atoms. The molecule has 130 valence electrons. The number of nitrogens with one attached hydrogen (secondary N) is 1. The molecule has 1 aromatic rings. The summed E-state index contributed by atoms with van der Waals surface area (Å²) in [6, 6.07) is 5.72. The summed E-state index contributed by atoms with van der Waals surface area (Å²) in [7, 11) is -3.70. The van der Waals surface area contributed by atoms with Crippen molar-refractivity contribution in [3.05, 3.63) is 35.9 Å². The topological polar surface area (TPSA) is 107 Å². The van der Waals surface area contributed by atoms with E-state index in [0.717, 1.165) is 11.6 Å². The highest BCUT2D eigenvalue weighted by Crippen LogP contribution is 2.20. The summed E-state index contributed by atoms with van der Waals surface area (Å²) >= 11 is 5.30. The van der Waals surface area contributed by atoms with Crippen LogP contribution in [0.1, 0.15) is 0 Å². The van der Waals surface area contributed by atoms with E-state index in [1.807, 2.05) is 0 Å². The smallest absolute Gasteiger partial charge is 0.407 e. The standard InChI is InChI=1S/C14H16ClN3O5S/c15-6-5-13(19)16-11-1-3-12(4-2-11)24(22,23)18-9-7-17(8-10-18)14(20)21/h1-6H,7-10H2,(H,16,19)(H,20,21)/b6-5+. The summed E-state index contributed by atoms with van der Waals surface area (Å²) in [5.74, 6) is -0.426. The van der Waals surface area contributed by atoms with Crippen molar-refractivity contribution in [1.82, 2.24) is 9.21 Å². The first-order chi connectivity index (χ1) is 11.3. The fourth-order valence-electron chi connectivity index (χ4n) is 2.22. The van der Waals surface area contributed by atoms with Crippen molar-refractivity contribution in [2.45, 2.75) is 4.90 Å². The lowest BCUT2D eigenvalue weighted by Gasteiger charge is -2.32. The summed E-state index contributed by atoms with van der Waals surface area (Å²) in [5.41, 5.74) is 1.51. The molecule has 24 heavy (non-hydrogen) atoms. The Bertz CT molecular complexity index is 740. The molecule has 1 heterocycles. The van der Waals surface area contributed by atoms with E-state index in [1.165, 1.54) is 33.5 Å². The maximum Gasteiger partial charge on any atom is 0.407 e. The fourth-order valence-corrected chi connectivity index (χ4v) is 3.76. The second-order valence-corrected chi connectivity index (χ2v) is 7.17. The monoisotopic (exact) mass is 373 g/mol. The molecule has 2 amide bonds.